The highest BCUT2D eigenvalue weighted by atomic mass is 16.4. The van der Waals surface area contributed by atoms with Crippen LogP contribution in [-0.4, -0.2) is 25.6 Å². The molecule has 0 spiro atoms. The first-order valence-corrected chi connectivity index (χ1v) is 6.95. The van der Waals surface area contributed by atoms with E-state index in [1.54, 1.807) is 29.4 Å². The lowest BCUT2D eigenvalue weighted by atomic mass is 10.1. The van der Waals surface area contributed by atoms with Crippen LogP contribution in [0.1, 0.15) is 11.6 Å². The van der Waals surface area contributed by atoms with Gasteiger partial charge in [0, 0.05) is 36.8 Å². The van der Waals surface area contributed by atoms with Crippen LogP contribution in [-0.2, 0) is 11.2 Å². The summed E-state index contributed by atoms with van der Waals surface area (Å²) in [7, 11) is 0. The Balaban J connectivity index is 1.97. The fourth-order valence-corrected chi connectivity index (χ4v) is 2.43. The van der Waals surface area contributed by atoms with Crippen LogP contribution in [0.25, 0.3) is 11.4 Å². The Morgan fingerprint density at radius 1 is 1.09 bits per heavy atom. The van der Waals surface area contributed by atoms with Crippen molar-refractivity contribution in [2.24, 2.45) is 0 Å². The molecule has 3 rings (SSSR count). The zero-order valence-electron chi connectivity index (χ0n) is 11.8. The molecule has 0 saturated carbocycles. The van der Waals surface area contributed by atoms with E-state index in [2.05, 4.69) is 9.97 Å². The van der Waals surface area contributed by atoms with Crippen LogP contribution in [0.3, 0.4) is 0 Å². The number of benzene rings is 1. The number of carbonyl (C=O) groups is 1. The first-order chi connectivity index (χ1) is 10.8. The van der Waals surface area contributed by atoms with Gasteiger partial charge in [0.2, 0.25) is 0 Å². The van der Waals surface area contributed by atoms with Crippen molar-refractivity contribution in [3.63, 3.8) is 0 Å². The Kier molecular flexibility index (Phi) is 3.96. The molecule has 1 atom stereocenters. The molecular formula is C17H15N3O2. The number of aromatic nitrogens is 3. The summed E-state index contributed by atoms with van der Waals surface area (Å²) < 4.78 is 1.70. The molecule has 2 aromatic heterocycles. The number of rotatable bonds is 5. The summed E-state index contributed by atoms with van der Waals surface area (Å²) in [6.45, 7) is 0. The standard InChI is InChI=1S/C17H15N3O2/c21-17(22)15(12-13-4-2-1-3-5-13)20-11-10-19-16(20)14-6-8-18-9-7-14/h1-11,15H,12H2,(H,21,22). The van der Waals surface area contributed by atoms with Gasteiger partial charge < -0.3 is 9.67 Å². The van der Waals surface area contributed by atoms with E-state index < -0.39 is 12.0 Å². The molecule has 110 valence electrons. The number of pyridine rings is 1. The summed E-state index contributed by atoms with van der Waals surface area (Å²) >= 11 is 0. The zero-order valence-corrected chi connectivity index (χ0v) is 11.8. The van der Waals surface area contributed by atoms with E-state index in [0.29, 0.717) is 12.2 Å². The Bertz CT molecular complexity index is 754. The van der Waals surface area contributed by atoms with E-state index in [1.165, 1.54) is 0 Å². The van der Waals surface area contributed by atoms with Crippen molar-refractivity contribution in [3.05, 3.63) is 72.8 Å². The van der Waals surface area contributed by atoms with E-state index in [1.807, 2.05) is 42.5 Å². The average Bonchev–Trinajstić information content (AvgIpc) is 3.03. The summed E-state index contributed by atoms with van der Waals surface area (Å²) in [5.74, 6) is -0.247. The summed E-state index contributed by atoms with van der Waals surface area (Å²) in [5.41, 5.74) is 1.82. The summed E-state index contributed by atoms with van der Waals surface area (Å²) in [6, 6.07) is 12.5. The molecule has 0 bridgehead atoms. The van der Waals surface area contributed by atoms with Gasteiger partial charge in [0.05, 0.1) is 0 Å². The Morgan fingerprint density at radius 2 is 1.82 bits per heavy atom. The third kappa shape index (κ3) is 2.88. The molecule has 2 heterocycles. The van der Waals surface area contributed by atoms with Gasteiger partial charge in [-0.15, -0.1) is 0 Å². The molecule has 1 N–H and O–H groups in total. The molecule has 0 aliphatic rings. The lowest BCUT2D eigenvalue weighted by Crippen LogP contribution is -2.21. The minimum atomic E-state index is -0.878. The molecule has 0 aliphatic carbocycles. The first kappa shape index (κ1) is 14.0. The Labute approximate surface area is 127 Å². The topological polar surface area (TPSA) is 68.0 Å². The van der Waals surface area contributed by atoms with Crippen LogP contribution in [0, 0.1) is 0 Å². The van der Waals surface area contributed by atoms with Crippen LogP contribution in [0.15, 0.2) is 67.3 Å². The molecule has 3 aromatic rings. The van der Waals surface area contributed by atoms with Gasteiger partial charge in [-0.1, -0.05) is 30.3 Å². The van der Waals surface area contributed by atoms with Crippen LogP contribution in [0.2, 0.25) is 0 Å². The fraction of sp³-hybridized carbons (Fsp3) is 0.118. The molecular weight excluding hydrogens is 278 g/mol. The highest BCUT2D eigenvalue weighted by molar-refractivity contribution is 5.73. The maximum Gasteiger partial charge on any atom is 0.327 e. The highest BCUT2D eigenvalue weighted by Gasteiger charge is 2.23. The van der Waals surface area contributed by atoms with Gasteiger partial charge >= 0.3 is 5.97 Å². The molecule has 5 heteroatoms. The summed E-state index contributed by atoms with van der Waals surface area (Å²) in [4.78, 5) is 20.0. The van der Waals surface area contributed by atoms with Gasteiger partial charge in [0.25, 0.3) is 0 Å². The maximum absolute atomic E-state index is 11.7. The molecule has 0 amide bonds. The second-order valence-electron chi connectivity index (χ2n) is 4.94. The molecule has 0 saturated heterocycles. The van der Waals surface area contributed by atoms with E-state index in [-0.39, 0.29) is 0 Å². The zero-order chi connectivity index (χ0) is 15.4. The van der Waals surface area contributed by atoms with E-state index in [9.17, 15) is 9.90 Å². The molecule has 22 heavy (non-hydrogen) atoms. The number of imidazole rings is 1. The average molecular weight is 293 g/mol. The third-order valence-electron chi connectivity index (χ3n) is 3.50. The van der Waals surface area contributed by atoms with Gasteiger partial charge in [-0.3, -0.25) is 4.98 Å². The van der Waals surface area contributed by atoms with Crippen LogP contribution < -0.4 is 0 Å². The smallest absolute Gasteiger partial charge is 0.327 e. The summed E-state index contributed by atoms with van der Waals surface area (Å²) in [6.07, 6.45) is 7.07. The molecule has 1 unspecified atom stereocenters. The number of carboxylic acids is 1. The van der Waals surface area contributed by atoms with Gasteiger partial charge in [-0.25, -0.2) is 9.78 Å². The number of carboxylic acid groups (broad SMARTS) is 1. The molecule has 5 nitrogen and oxygen atoms in total. The van der Waals surface area contributed by atoms with Crippen molar-refractivity contribution < 1.29 is 9.90 Å². The predicted octanol–water partition coefficient (Wildman–Crippen LogP) is 2.81. The molecule has 0 radical (unpaired) electrons. The normalized spacial score (nSPS) is 12.0. The fourth-order valence-electron chi connectivity index (χ4n) is 2.43. The molecule has 0 fully saturated rings. The summed E-state index contributed by atoms with van der Waals surface area (Å²) in [5, 5.41) is 9.62. The van der Waals surface area contributed by atoms with Crippen LogP contribution in [0.5, 0.6) is 0 Å². The number of aliphatic carboxylic acids is 1. The maximum atomic E-state index is 11.7. The highest BCUT2D eigenvalue weighted by Crippen LogP contribution is 2.23. The lowest BCUT2D eigenvalue weighted by molar-refractivity contribution is -0.140. The van der Waals surface area contributed by atoms with Crippen molar-refractivity contribution in [1.29, 1.82) is 0 Å². The number of nitrogens with zero attached hydrogens (tertiary/aromatic N) is 3. The molecule has 1 aromatic carbocycles. The van der Waals surface area contributed by atoms with E-state index in [4.69, 9.17) is 0 Å². The SMILES string of the molecule is O=C(O)C(Cc1ccccc1)n1ccnc1-c1ccncc1. The van der Waals surface area contributed by atoms with E-state index >= 15 is 0 Å². The monoisotopic (exact) mass is 293 g/mol. The Morgan fingerprint density at radius 3 is 2.50 bits per heavy atom. The van der Waals surface area contributed by atoms with Crippen LogP contribution in [0.4, 0.5) is 0 Å². The molecule has 0 aliphatic heterocycles. The van der Waals surface area contributed by atoms with Crippen molar-refractivity contribution in [2.75, 3.05) is 0 Å². The quantitative estimate of drug-likeness (QED) is 0.785. The van der Waals surface area contributed by atoms with Crippen LogP contribution >= 0.6 is 0 Å². The van der Waals surface area contributed by atoms with Crippen molar-refractivity contribution >= 4 is 5.97 Å². The third-order valence-corrected chi connectivity index (χ3v) is 3.50. The minimum Gasteiger partial charge on any atom is -0.480 e. The second kappa shape index (κ2) is 6.22. The first-order valence-electron chi connectivity index (χ1n) is 6.95. The lowest BCUT2D eigenvalue weighted by Gasteiger charge is -2.17. The number of hydrogen-bond donors (Lipinski definition) is 1. The minimum absolute atomic E-state index is 0.407. The van der Waals surface area contributed by atoms with Crippen molar-refractivity contribution in [3.8, 4) is 11.4 Å². The predicted molar refractivity (Wildman–Crippen MR) is 82.3 cm³/mol. The van der Waals surface area contributed by atoms with Gasteiger partial charge in [-0.2, -0.15) is 0 Å². The Hall–Kier alpha value is -2.95. The number of hydrogen-bond acceptors (Lipinski definition) is 3. The van der Waals surface area contributed by atoms with Gasteiger partial charge in [0.1, 0.15) is 11.9 Å². The van der Waals surface area contributed by atoms with Gasteiger partial charge in [-0.05, 0) is 17.7 Å². The van der Waals surface area contributed by atoms with Gasteiger partial charge in [0.15, 0.2) is 0 Å². The second-order valence-corrected chi connectivity index (χ2v) is 4.94. The largest absolute Gasteiger partial charge is 0.480 e. The van der Waals surface area contributed by atoms with Crippen molar-refractivity contribution in [2.45, 2.75) is 12.5 Å². The van der Waals surface area contributed by atoms with Crippen molar-refractivity contribution in [1.82, 2.24) is 14.5 Å². The van der Waals surface area contributed by atoms with E-state index in [0.717, 1.165) is 11.1 Å².